The van der Waals surface area contributed by atoms with Crippen molar-refractivity contribution in [3.63, 3.8) is 0 Å². The van der Waals surface area contributed by atoms with Gasteiger partial charge in [0, 0.05) is 28.4 Å². The fourth-order valence-electron chi connectivity index (χ4n) is 4.40. The number of aromatic amines is 1. The summed E-state index contributed by atoms with van der Waals surface area (Å²) in [7, 11) is 0. The first-order valence-electron chi connectivity index (χ1n) is 11.8. The second-order valence-corrected chi connectivity index (χ2v) is 9.80. The maximum atomic E-state index is 12.6. The van der Waals surface area contributed by atoms with Crippen LogP contribution < -0.4 is 5.32 Å². The summed E-state index contributed by atoms with van der Waals surface area (Å²) in [5.41, 5.74) is 3.66. The van der Waals surface area contributed by atoms with Crippen molar-refractivity contribution in [3.8, 4) is 0 Å². The lowest BCUT2D eigenvalue weighted by Crippen LogP contribution is -2.22. The number of H-pyrrole nitrogens is 1. The molecule has 4 rings (SSSR count). The zero-order valence-corrected chi connectivity index (χ0v) is 20.4. The number of fused-ring (bicyclic) bond motifs is 2. The summed E-state index contributed by atoms with van der Waals surface area (Å²) in [4.78, 5) is 41.6. The molecule has 1 aliphatic rings. The van der Waals surface area contributed by atoms with Crippen LogP contribution in [-0.4, -0.2) is 36.0 Å². The van der Waals surface area contributed by atoms with Gasteiger partial charge in [0.2, 0.25) is 0 Å². The fourth-order valence-corrected chi connectivity index (χ4v) is 5.82. The highest BCUT2D eigenvalue weighted by atomic mass is 32.1. The second-order valence-electron chi connectivity index (χ2n) is 8.70. The molecular weight excluding hydrogens is 452 g/mol. The molecule has 0 aliphatic heterocycles. The number of nitrogens with one attached hydrogen (secondary N) is 2. The molecule has 0 saturated heterocycles. The minimum atomic E-state index is -0.456. The number of aryl methyl sites for hydroxylation is 1. The normalized spacial score (nSPS) is 15.1. The minimum Gasteiger partial charge on any atom is -0.462 e. The number of thiophene rings is 1. The Bertz CT molecular complexity index is 1200. The Morgan fingerprint density at radius 3 is 2.85 bits per heavy atom. The van der Waals surface area contributed by atoms with E-state index < -0.39 is 17.8 Å². The maximum absolute atomic E-state index is 12.6. The van der Waals surface area contributed by atoms with Gasteiger partial charge in [-0.25, -0.2) is 4.79 Å². The number of hydrogen-bond donors (Lipinski definition) is 2. The molecule has 1 aromatic carbocycles. The van der Waals surface area contributed by atoms with Crippen molar-refractivity contribution >= 4 is 45.1 Å². The maximum Gasteiger partial charge on any atom is 0.341 e. The highest BCUT2D eigenvalue weighted by molar-refractivity contribution is 7.17. The summed E-state index contributed by atoms with van der Waals surface area (Å²) in [6, 6.07) is 8.04. The molecular formula is C26H30N2O5S. The third kappa shape index (κ3) is 5.50. The van der Waals surface area contributed by atoms with Gasteiger partial charge in [-0.2, -0.15) is 0 Å². The fraction of sp³-hybridized carbons (Fsp3) is 0.423. The van der Waals surface area contributed by atoms with E-state index in [9.17, 15) is 14.4 Å². The number of anilines is 1. The Kier molecular flexibility index (Phi) is 7.67. The van der Waals surface area contributed by atoms with Crippen molar-refractivity contribution in [2.24, 2.45) is 5.92 Å². The van der Waals surface area contributed by atoms with Gasteiger partial charge in [-0.05, 0) is 62.1 Å². The molecule has 1 amide bonds. The minimum absolute atomic E-state index is 0.228. The monoisotopic (exact) mass is 482 g/mol. The van der Waals surface area contributed by atoms with E-state index in [0.29, 0.717) is 22.9 Å². The van der Waals surface area contributed by atoms with Crippen LogP contribution in [0.3, 0.4) is 0 Å². The molecule has 2 N–H and O–H groups in total. The summed E-state index contributed by atoms with van der Waals surface area (Å²) < 4.78 is 10.4. The van der Waals surface area contributed by atoms with Crippen molar-refractivity contribution in [2.45, 2.75) is 52.4 Å². The molecule has 0 radical (unpaired) electrons. The zero-order valence-electron chi connectivity index (χ0n) is 19.6. The quantitative estimate of drug-likeness (QED) is 0.417. The Morgan fingerprint density at radius 1 is 1.21 bits per heavy atom. The first-order chi connectivity index (χ1) is 16.5. The van der Waals surface area contributed by atoms with Gasteiger partial charge in [0.1, 0.15) is 5.00 Å². The van der Waals surface area contributed by atoms with Gasteiger partial charge in [0.25, 0.3) is 5.91 Å². The molecule has 7 nitrogen and oxygen atoms in total. The predicted octanol–water partition coefficient (Wildman–Crippen LogP) is 5.04. The van der Waals surface area contributed by atoms with E-state index in [1.165, 1.54) is 11.3 Å². The van der Waals surface area contributed by atoms with E-state index in [1.54, 1.807) is 6.92 Å². The standard InChI is InChI=1S/C26H30N2O5S/c1-3-32-26(31)24-19-12-11-16(2)13-21(19)34-25(24)28-22(29)15-33-23(30)10-6-7-17-14-27-20-9-5-4-8-18(17)20/h4-5,8-9,14,16,27H,3,6-7,10-13,15H2,1-2H3,(H,28,29). The van der Waals surface area contributed by atoms with Crippen LogP contribution in [0.2, 0.25) is 0 Å². The molecule has 34 heavy (non-hydrogen) atoms. The second kappa shape index (κ2) is 10.9. The van der Waals surface area contributed by atoms with Gasteiger partial charge < -0.3 is 19.8 Å². The number of benzene rings is 1. The first-order valence-corrected chi connectivity index (χ1v) is 12.6. The number of carbonyl (C=O) groups excluding carboxylic acids is 3. The van der Waals surface area contributed by atoms with Crippen LogP contribution in [0.5, 0.6) is 0 Å². The third-order valence-electron chi connectivity index (χ3n) is 6.11. The van der Waals surface area contributed by atoms with Crippen LogP contribution in [0.25, 0.3) is 10.9 Å². The van der Waals surface area contributed by atoms with E-state index >= 15 is 0 Å². The first kappa shape index (κ1) is 24.0. The summed E-state index contributed by atoms with van der Waals surface area (Å²) in [5.74, 6) is -0.754. The van der Waals surface area contributed by atoms with Crippen LogP contribution in [0.15, 0.2) is 30.5 Å². The number of para-hydroxylation sites is 1. The highest BCUT2D eigenvalue weighted by Gasteiger charge is 2.29. The Balaban J connectivity index is 1.29. The van der Waals surface area contributed by atoms with Crippen molar-refractivity contribution in [2.75, 3.05) is 18.5 Å². The van der Waals surface area contributed by atoms with Crippen molar-refractivity contribution in [1.82, 2.24) is 4.98 Å². The molecule has 0 spiro atoms. The van der Waals surface area contributed by atoms with Gasteiger partial charge in [-0.1, -0.05) is 25.1 Å². The summed E-state index contributed by atoms with van der Waals surface area (Å²) in [6.45, 7) is 3.83. The molecule has 2 heterocycles. The van der Waals surface area contributed by atoms with E-state index in [0.717, 1.165) is 52.6 Å². The molecule has 0 saturated carbocycles. The number of carbonyl (C=O) groups is 3. The topological polar surface area (TPSA) is 97.5 Å². The molecule has 180 valence electrons. The van der Waals surface area contributed by atoms with Gasteiger partial charge >= 0.3 is 11.9 Å². The number of rotatable bonds is 9. The molecule has 1 aliphatic carbocycles. The van der Waals surface area contributed by atoms with Crippen LogP contribution in [-0.2, 0) is 38.3 Å². The van der Waals surface area contributed by atoms with Gasteiger partial charge in [-0.15, -0.1) is 11.3 Å². The lowest BCUT2D eigenvalue weighted by atomic mass is 9.88. The molecule has 0 fully saturated rings. The number of aromatic nitrogens is 1. The van der Waals surface area contributed by atoms with Gasteiger partial charge in [-0.3, -0.25) is 9.59 Å². The lowest BCUT2D eigenvalue weighted by Gasteiger charge is -2.18. The summed E-state index contributed by atoms with van der Waals surface area (Å²) >= 11 is 1.42. The third-order valence-corrected chi connectivity index (χ3v) is 7.28. The molecule has 0 bridgehead atoms. The molecule has 1 unspecified atom stereocenters. The Hall–Kier alpha value is -3.13. The van der Waals surface area contributed by atoms with Crippen molar-refractivity contribution in [3.05, 3.63) is 52.0 Å². The predicted molar refractivity (Wildman–Crippen MR) is 132 cm³/mol. The molecule has 8 heteroatoms. The molecule has 2 aromatic heterocycles. The van der Waals surface area contributed by atoms with E-state index in [-0.39, 0.29) is 19.6 Å². The average molecular weight is 483 g/mol. The SMILES string of the molecule is CCOC(=O)c1c(NC(=O)COC(=O)CCCc2c[nH]c3ccccc23)sc2c1CCC(C)C2. The van der Waals surface area contributed by atoms with Gasteiger partial charge in [0.15, 0.2) is 6.61 Å². The van der Waals surface area contributed by atoms with Crippen molar-refractivity contribution in [1.29, 1.82) is 0 Å². The summed E-state index contributed by atoms with van der Waals surface area (Å²) in [6.07, 6.45) is 6.24. The van der Waals surface area contributed by atoms with Crippen LogP contribution >= 0.6 is 11.3 Å². The highest BCUT2D eigenvalue weighted by Crippen LogP contribution is 2.40. The molecule has 1 atom stereocenters. The van der Waals surface area contributed by atoms with Crippen LogP contribution in [0.4, 0.5) is 5.00 Å². The van der Waals surface area contributed by atoms with Crippen LogP contribution in [0, 0.1) is 5.92 Å². The average Bonchev–Trinajstić information content (AvgIpc) is 3.38. The number of amides is 1. The smallest absolute Gasteiger partial charge is 0.341 e. The van der Waals surface area contributed by atoms with E-state index in [2.05, 4.69) is 23.3 Å². The molecule has 3 aromatic rings. The number of hydrogen-bond acceptors (Lipinski definition) is 6. The van der Waals surface area contributed by atoms with Crippen LogP contribution in [0.1, 0.15) is 59.5 Å². The summed E-state index contributed by atoms with van der Waals surface area (Å²) in [5, 5.41) is 4.41. The zero-order chi connectivity index (χ0) is 24.1. The van der Waals surface area contributed by atoms with Crippen molar-refractivity contribution < 1.29 is 23.9 Å². The van der Waals surface area contributed by atoms with E-state index in [1.807, 2.05) is 24.4 Å². The number of esters is 2. The Morgan fingerprint density at radius 2 is 2.03 bits per heavy atom. The largest absolute Gasteiger partial charge is 0.462 e. The number of ether oxygens (including phenoxy) is 2. The van der Waals surface area contributed by atoms with Gasteiger partial charge in [0.05, 0.1) is 12.2 Å². The Labute approximate surface area is 202 Å². The lowest BCUT2D eigenvalue weighted by molar-refractivity contribution is -0.147. The van der Waals surface area contributed by atoms with E-state index in [4.69, 9.17) is 9.47 Å².